The molecule has 1 aliphatic carbocycles. The van der Waals surface area contributed by atoms with Crippen LogP contribution in [0.3, 0.4) is 0 Å². The summed E-state index contributed by atoms with van der Waals surface area (Å²) in [7, 11) is 0. The summed E-state index contributed by atoms with van der Waals surface area (Å²) in [5.41, 5.74) is 5.85. The summed E-state index contributed by atoms with van der Waals surface area (Å²) >= 11 is 11.9. The third-order valence-electron chi connectivity index (χ3n) is 6.38. The quantitative estimate of drug-likeness (QED) is 0.425. The van der Waals surface area contributed by atoms with Crippen LogP contribution in [-0.4, -0.2) is 36.7 Å². The number of halogens is 6. The molecule has 1 amide bonds. The Morgan fingerprint density at radius 1 is 1.06 bits per heavy atom. The van der Waals surface area contributed by atoms with Crippen LogP contribution < -0.4 is 10.5 Å². The van der Waals surface area contributed by atoms with E-state index >= 15 is 0 Å². The van der Waals surface area contributed by atoms with Crippen LogP contribution in [0, 0.1) is 11.7 Å². The zero-order chi connectivity index (χ0) is 24.6. The van der Waals surface area contributed by atoms with Gasteiger partial charge in [0.05, 0.1) is 12.2 Å². The van der Waals surface area contributed by atoms with Gasteiger partial charge in [-0.1, -0.05) is 23.2 Å². The maximum Gasteiger partial charge on any atom is 0.408 e. The topological polar surface area (TPSA) is 55.6 Å². The fourth-order valence-corrected chi connectivity index (χ4v) is 5.07. The summed E-state index contributed by atoms with van der Waals surface area (Å²) < 4.78 is 62.0. The summed E-state index contributed by atoms with van der Waals surface area (Å²) in [6, 6.07) is 4.83. The molecule has 1 saturated heterocycles. The lowest BCUT2D eigenvalue weighted by atomic mass is 9.94. The minimum absolute atomic E-state index is 0.0128. The Kier molecular flexibility index (Phi) is 7.31. The molecule has 0 bridgehead atoms. The van der Waals surface area contributed by atoms with Crippen LogP contribution in [0.2, 0.25) is 10.0 Å². The number of benzene rings is 2. The van der Waals surface area contributed by atoms with Crippen molar-refractivity contribution in [3.05, 3.63) is 62.9 Å². The van der Waals surface area contributed by atoms with Gasteiger partial charge in [0.25, 0.3) is 5.91 Å². The van der Waals surface area contributed by atoms with Crippen molar-refractivity contribution in [3.63, 3.8) is 0 Å². The highest BCUT2D eigenvalue weighted by Gasteiger charge is 2.45. The second-order valence-electron chi connectivity index (χ2n) is 8.95. The van der Waals surface area contributed by atoms with Crippen LogP contribution in [0.5, 0.6) is 5.75 Å². The second kappa shape index (κ2) is 9.91. The van der Waals surface area contributed by atoms with E-state index in [1.54, 1.807) is 0 Å². The molecular weight excluding hydrogens is 495 g/mol. The molecule has 2 fully saturated rings. The van der Waals surface area contributed by atoms with E-state index in [0.717, 1.165) is 18.4 Å². The number of hydrogen-bond acceptors (Lipinski definition) is 3. The molecule has 2 aromatic rings. The lowest BCUT2D eigenvalue weighted by Crippen LogP contribution is -2.43. The van der Waals surface area contributed by atoms with Crippen LogP contribution in [0.4, 0.5) is 17.6 Å². The molecule has 1 saturated carbocycles. The first-order valence-corrected chi connectivity index (χ1v) is 11.8. The number of carbonyl (C=O) groups excluding carboxylic acids is 1. The average Bonchev–Trinajstić information content (AvgIpc) is 3.56. The molecule has 1 aliphatic heterocycles. The van der Waals surface area contributed by atoms with Crippen molar-refractivity contribution in [2.45, 2.75) is 43.8 Å². The Bertz CT molecular complexity index is 1050. The molecule has 2 aromatic carbocycles. The van der Waals surface area contributed by atoms with Gasteiger partial charge < -0.3 is 10.5 Å². The van der Waals surface area contributed by atoms with E-state index in [1.165, 1.54) is 35.2 Å². The molecule has 1 heterocycles. The van der Waals surface area contributed by atoms with Crippen molar-refractivity contribution < 1.29 is 27.1 Å². The molecule has 4 nitrogen and oxygen atoms in total. The predicted octanol–water partition coefficient (Wildman–Crippen LogP) is 6.50. The predicted molar refractivity (Wildman–Crippen MR) is 122 cm³/mol. The number of rotatable bonds is 7. The maximum atomic E-state index is 14.3. The zero-order valence-electron chi connectivity index (χ0n) is 18.2. The van der Waals surface area contributed by atoms with Crippen LogP contribution in [0.15, 0.2) is 30.3 Å². The molecule has 0 radical (unpaired) electrons. The molecule has 184 valence electrons. The minimum Gasteiger partial charge on any atom is -0.493 e. The average molecular weight is 519 g/mol. The standard InChI is InChI=1S/C24H24Cl2F4N2O2/c25-16-7-15(8-17(26)9-16)22(24(28,29)30)32-5-3-13(4-6-32)12-34-21-11-20(27)19(23(31)33)10-18(21)14-1-2-14/h7-11,13-14,22H,1-6,12H2,(H2,31,33). The van der Waals surface area contributed by atoms with Crippen molar-refractivity contribution in [1.82, 2.24) is 4.90 Å². The smallest absolute Gasteiger partial charge is 0.408 e. The lowest BCUT2D eigenvalue weighted by molar-refractivity contribution is -0.190. The normalized spacial score (nSPS) is 18.6. The molecule has 10 heteroatoms. The number of hydrogen-bond donors (Lipinski definition) is 1. The summed E-state index contributed by atoms with van der Waals surface area (Å²) in [5.74, 6) is -0.991. The van der Waals surface area contributed by atoms with Gasteiger partial charge in [0.15, 0.2) is 0 Å². The first-order chi connectivity index (χ1) is 16.0. The van der Waals surface area contributed by atoms with Crippen LogP contribution >= 0.6 is 23.2 Å². The third-order valence-corrected chi connectivity index (χ3v) is 6.82. The van der Waals surface area contributed by atoms with Crippen molar-refractivity contribution in [3.8, 4) is 5.75 Å². The monoisotopic (exact) mass is 518 g/mol. The molecule has 34 heavy (non-hydrogen) atoms. The van der Waals surface area contributed by atoms with Gasteiger partial charge in [-0.15, -0.1) is 0 Å². The van der Waals surface area contributed by atoms with Crippen molar-refractivity contribution in [2.24, 2.45) is 11.7 Å². The van der Waals surface area contributed by atoms with Crippen molar-refractivity contribution in [2.75, 3.05) is 19.7 Å². The van der Waals surface area contributed by atoms with E-state index in [2.05, 4.69) is 0 Å². The molecule has 4 rings (SSSR count). The van der Waals surface area contributed by atoms with Gasteiger partial charge >= 0.3 is 6.18 Å². The number of amides is 1. The molecule has 2 N–H and O–H groups in total. The van der Waals surface area contributed by atoms with E-state index in [1.807, 2.05) is 0 Å². The SMILES string of the molecule is NC(=O)c1cc(C2CC2)c(OCC2CCN(C(c3cc(Cl)cc(Cl)c3)C(F)(F)F)CC2)cc1F. The fourth-order valence-electron chi connectivity index (χ4n) is 4.52. The summed E-state index contributed by atoms with van der Waals surface area (Å²) in [6.45, 7) is 0.683. The van der Waals surface area contributed by atoms with Gasteiger partial charge in [0.2, 0.25) is 0 Å². The maximum absolute atomic E-state index is 14.3. The number of ether oxygens (including phenoxy) is 1. The number of piperidine rings is 1. The molecule has 2 aliphatic rings. The number of primary amides is 1. The van der Waals surface area contributed by atoms with E-state index in [0.29, 0.717) is 18.6 Å². The minimum atomic E-state index is -4.49. The first-order valence-electron chi connectivity index (χ1n) is 11.1. The van der Waals surface area contributed by atoms with Gasteiger partial charge in [-0.25, -0.2) is 4.39 Å². The van der Waals surface area contributed by atoms with Gasteiger partial charge in [-0.2, -0.15) is 13.2 Å². The Hall–Kier alpha value is -2.03. The van der Waals surface area contributed by atoms with Gasteiger partial charge in [-0.3, -0.25) is 9.69 Å². The van der Waals surface area contributed by atoms with Crippen LogP contribution in [-0.2, 0) is 0 Å². The number of nitrogens with zero attached hydrogens (tertiary/aromatic N) is 1. The molecular formula is C24H24Cl2F4N2O2. The molecule has 0 spiro atoms. The molecule has 1 unspecified atom stereocenters. The Morgan fingerprint density at radius 2 is 1.68 bits per heavy atom. The van der Waals surface area contributed by atoms with Crippen LogP contribution in [0.1, 0.15) is 59.1 Å². The van der Waals surface area contributed by atoms with Crippen molar-refractivity contribution in [1.29, 1.82) is 0 Å². The lowest BCUT2D eigenvalue weighted by Gasteiger charge is -2.38. The zero-order valence-corrected chi connectivity index (χ0v) is 19.7. The molecule has 1 atom stereocenters. The van der Waals surface area contributed by atoms with Crippen LogP contribution in [0.25, 0.3) is 0 Å². The summed E-state index contributed by atoms with van der Waals surface area (Å²) in [6.07, 6.45) is -1.67. The van der Waals surface area contributed by atoms with E-state index < -0.39 is 23.9 Å². The van der Waals surface area contributed by atoms with E-state index in [4.69, 9.17) is 33.7 Å². The Balaban J connectivity index is 1.42. The highest BCUT2D eigenvalue weighted by Crippen LogP contribution is 2.45. The third kappa shape index (κ3) is 5.78. The largest absolute Gasteiger partial charge is 0.493 e. The van der Waals surface area contributed by atoms with E-state index in [9.17, 15) is 22.4 Å². The Morgan fingerprint density at radius 3 is 2.21 bits per heavy atom. The van der Waals surface area contributed by atoms with Crippen molar-refractivity contribution >= 4 is 29.1 Å². The Labute approximate surface area is 204 Å². The van der Waals surface area contributed by atoms with Gasteiger partial charge in [-0.05, 0) is 86.0 Å². The number of alkyl halides is 3. The van der Waals surface area contributed by atoms with E-state index in [-0.39, 0.29) is 52.7 Å². The summed E-state index contributed by atoms with van der Waals surface area (Å²) in [5, 5.41) is 0.308. The number of likely N-dealkylation sites (tertiary alicyclic amines) is 1. The second-order valence-corrected chi connectivity index (χ2v) is 9.82. The number of carbonyl (C=O) groups is 1. The molecule has 0 aromatic heterocycles. The summed E-state index contributed by atoms with van der Waals surface area (Å²) in [4.78, 5) is 12.9. The van der Waals surface area contributed by atoms with Gasteiger partial charge in [0.1, 0.15) is 17.6 Å². The number of nitrogens with two attached hydrogens (primary N) is 1. The first kappa shape index (κ1) is 25.1. The fraction of sp³-hybridized carbons (Fsp3) is 0.458. The highest BCUT2D eigenvalue weighted by atomic mass is 35.5. The van der Waals surface area contributed by atoms with Gasteiger partial charge in [0, 0.05) is 16.1 Å². The highest BCUT2D eigenvalue weighted by molar-refractivity contribution is 6.34.